The first kappa shape index (κ1) is 17.1. The summed E-state index contributed by atoms with van der Waals surface area (Å²) < 4.78 is 7.83. The molecule has 24 heavy (non-hydrogen) atoms. The van der Waals surface area contributed by atoms with Crippen molar-refractivity contribution in [2.45, 2.75) is 46.0 Å². The number of nitrogens with zero attached hydrogens (tertiary/aromatic N) is 3. The van der Waals surface area contributed by atoms with Crippen LogP contribution in [0.25, 0.3) is 0 Å². The number of ether oxygens (including phenoxy) is 1. The molecule has 1 N–H and O–H groups in total. The predicted molar refractivity (Wildman–Crippen MR) is 93.6 cm³/mol. The van der Waals surface area contributed by atoms with Crippen molar-refractivity contribution in [3.8, 4) is 0 Å². The first-order valence-corrected chi connectivity index (χ1v) is 8.77. The third kappa shape index (κ3) is 3.69. The minimum atomic E-state index is 0.0996. The van der Waals surface area contributed by atoms with Crippen molar-refractivity contribution >= 4 is 0 Å². The molecule has 0 fully saturated rings. The topological polar surface area (TPSA) is 50.5 Å². The van der Waals surface area contributed by atoms with Gasteiger partial charge in [-0.15, -0.1) is 0 Å². The summed E-state index contributed by atoms with van der Waals surface area (Å²) in [4.78, 5) is 7.13. The highest BCUT2D eigenvalue weighted by Gasteiger charge is 2.26. The molecule has 0 amide bonds. The number of imidazole rings is 1. The minimum absolute atomic E-state index is 0.0996. The lowest BCUT2D eigenvalue weighted by atomic mass is 10.1. The molecule has 0 spiro atoms. The lowest BCUT2D eigenvalue weighted by Crippen LogP contribution is -2.37. The number of benzene rings is 1. The van der Waals surface area contributed by atoms with E-state index in [2.05, 4.69) is 33.5 Å². The van der Waals surface area contributed by atoms with E-state index in [0.717, 1.165) is 50.7 Å². The fraction of sp³-hybridized carbons (Fsp3) is 0.526. The van der Waals surface area contributed by atoms with E-state index in [-0.39, 0.29) is 6.61 Å². The van der Waals surface area contributed by atoms with Gasteiger partial charge in [0.05, 0.1) is 19.3 Å². The van der Waals surface area contributed by atoms with Crippen LogP contribution in [0.1, 0.15) is 42.5 Å². The Morgan fingerprint density at radius 2 is 1.96 bits per heavy atom. The van der Waals surface area contributed by atoms with Gasteiger partial charge in [0, 0.05) is 44.6 Å². The first-order valence-electron chi connectivity index (χ1n) is 8.77. The summed E-state index contributed by atoms with van der Waals surface area (Å²) >= 11 is 0. The quantitative estimate of drug-likeness (QED) is 0.793. The zero-order chi connectivity index (χ0) is 16.9. The average Bonchev–Trinajstić information content (AvgIpc) is 3.02. The number of hydrogen-bond acceptors (Lipinski definition) is 4. The first-order chi connectivity index (χ1) is 11.7. The molecule has 5 heteroatoms. The summed E-state index contributed by atoms with van der Waals surface area (Å²) in [6, 6.07) is 8.50. The van der Waals surface area contributed by atoms with Crippen molar-refractivity contribution in [2.75, 3.05) is 19.8 Å². The Morgan fingerprint density at radius 3 is 2.67 bits per heavy atom. The average molecular weight is 329 g/mol. The third-order valence-electron chi connectivity index (χ3n) is 4.80. The van der Waals surface area contributed by atoms with Gasteiger partial charge in [0.1, 0.15) is 5.82 Å². The highest BCUT2D eigenvalue weighted by Crippen LogP contribution is 2.27. The van der Waals surface area contributed by atoms with Crippen LogP contribution in [0.2, 0.25) is 0 Å². The monoisotopic (exact) mass is 329 g/mol. The van der Waals surface area contributed by atoms with Gasteiger partial charge in [0.15, 0.2) is 0 Å². The maximum atomic E-state index is 9.15. The van der Waals surface area contributed by atoms with Crippen LogP contribution in [0, 0.1) is 0 Å². The Labute approximate surface area is 143 Å². The Bertz CT molecular complexity index is 651. The molecule has 0 aliphatic carbocycles. The SMILES string of the molecule is CCOCCc1cnc2n1CCN(Cc1ccc(CO)cc1)[C@@H]2C. The van der Waals surface area contributed by atoms with Crippen LogP contribution < -0.4 is 0 Å². The molecule has 0 saturated heterocycles. The number of aliphatic hydroxyl groups is 1. The summed E-state index contributed by atoms with van der Waals surface area (Å²) in [5.41, 5.74) is 3.51. The molecule has 130 valence electrons. The maximum absolute atomic E-state index is 9.15. The summed E-state index contributed by atoms with van der Waals surface area (Å²) in [7, 11) is 0. The van der Waals surface area contributed by atoms with Crippen LogP contribution in [0.15, 0.2) is 30.5 Å². The summed E-state index contributed by atoms with van der Waals surface area (Å²) in [6.07, 6.45) is 2.93. The molecule has 1 atom stereocenters. The Balaban J connectivity index is 1.66. The van der Waals surface area contributed by atoms with Crippen LogP contribution in [-0.2, 0) is 30.9 Å². The summed E-state index contributed by atoms with van der Waals surface area (Å²) in [5.74, 6) is 1.15. The van der Waals surface area contributed by atoms with E-state index in [4.69, 9.17) is 9.84 Å². The molecule has 0 radical (unpaired) electrons. The number of aliphatic hydroxyl groups excluding tert-OH is 1. The summed E-state index contributed by atoms with van der Waals surface area (Å²) in [5, 5.41) is 9.15. The van der Waals surface area contributed by atoms with E-state index in [0.29, 0.717) is 6.04 Å². The molecule has 0 bridgehead atoms. The van der Waals surface area contributed by atoms with Crippen molar-refractivity contribution in [1.29, 1.82) is 0 Å². The summed E-state index contributed by atoms with van der Waals surface area (Å²) in [6.45, 7) is 8.79. The van der Waals surface area contributed by atoms with Crippen LogP contribution >= 0.6 is 0 Å². The van der Waals surface area contributed by atoms with E-state index in [1.54, 1.807) is 0 Å². The smallest absolute Gasteiger partial charge is 0.126 e. The molecule has 1 aromatic heterocycles. The van der Waals surface area contributed by atoms with E-state index in [9.17, 15) is 0 Å². The van der Waals surface area contributed by atoms with Gasteiger partial charge in [0.25, 0.3) is 0 Å². The van der Waals surface area contributed by atoms with Gasteiger partial charge >= 0.3 is 0 Å². The van der Waals surface area contributed by atoms with Crippen LogP contribution in [0.5, 0.6) is 0 Å². The molecule has 3 rings (SSSR count). The number of fused-ring (bicyclic) bond motifs is 1. The number of aromatic nitrogens is 2. The van der Waals surface area contributed by atoms with Gasteiger partial charge in [-0.3, -0.25) is 4.90 Å². The van der Waals surface area contributed by atoms with Crippen LogP contribution in [0.3, 0.4) is 0 Å². The van der Waals surface area contributed by atoms with Crippen LogP contribution in [-0.4, -0.2) is 39.3 Å². The van der Waals surface area contributed by atoms with Crippen LogP contribution in [0.4, 0.5) is 0 Å². The van der Waals surface area contributed by atoms with Crippen molar-refractivity contribution < 1.29 is 9.84 Å². The minimum Gasteiger partial charge on any atom is -0.392 e. The zero-order valence-electron chi connectivity index (χ0n) is 14.6. The van der Waals surface area contributed by atoms with E-state index in [1.165, 1.54) is 11.3 Å². The number of hydrogen-bond donors (Lipinski definition) is 1. The molecule has 1 aromatic carbocycles. The van der Waals surface area contributed by atoms with Gasteiger partial charge in [-0.1, -0.05) is 24.3 Å². The lowest BCUT2D eigenvalue weighted by Gasteiger charge is -2.34. The molecule has 1 aliphatic heterocycles. The molecular weight excluding hydrogens is 302 g/mol. The second-order valence-corrected chi connectivity index (χ2v) is 6.33. The molecule has 2 aromatic rings. The molecule has 0 unspecified atom stereocenters. The standard InChI is InChI=1S/C19H27N3O2/c1-3-24-11-8-18-12-20-19-15(2)21(9-10-22(18)19)13-16-4-6-17(14-23)7-5-16/h4-7,12,15,23H,3,8-11,13-14H2,1-2H3/t15-/m1/s1. The molecule has 5 nitrogen and oxygen atoms in total. The van der Waals surface area contributed by atoms with Crippen molar-refractivity contribution in [1.82, 2.24) is 14.5 Å². The van der Waals surface area contributed by atoms with Gasteiger partial charge < -0.3 is 14.4 Å². The van der Waals surface area contributed by atoms with E-state index in [1.807, 2.05) is 25.3 Å². The van der Waals surface area contributed by atoms with E-state index < -0.39 is 0 Å². The van der Waals surface area contributed by atoms with Gasteiger partial charge in [0.2, 0.25) is 0 Å². The second kappa shape index (κ2) is 7.92. The lowest BCUT2D eigenvalue weighted by molar-refractivity contribution is 0.142. The molecule has 2 heterocycles. The zero-order valence-corrected chi connectivity index (χ0v) is 14.6. The Morgan fingerprint density at radius 1 is 1.21 bits per heavy atom. The number of rotatable bonds is 7. The van der Waals surface area contributed by atoms with Crippen molar-refractivity contribution in [3.63, 3.8) is 0 Å². The Kier molecular flexibility index (Phi) is 5.66. The predicted octanol–water partition coefficient (Wildman–Crippen LogP) is 2.53. The van der Waals surface area contributed by atoms with E-state index >= 15 is 0 Å². The van der Waals surface area contributed by atoms with Gasteiger partial charge in [-0.25, -0.2) is 4.98 Å². The fourth-order valence-electron chi connectivity index (χ4n) is 3.33. The van der Waals surface area contributed by atoms with Crippen molar-refractivity contribution in [2.24, 2.45) is 0 Å². The largest absolute Gasteiger partial charge is 0.392 e. The highest BCUT2D eigenvalue weighted by molar-refractivity contribution is 5.22. The molecular formula is C19H27N3O2. The molecule has 0 saturated carbocycles. The fourth-order valence-corrected chi connectivity index (χ4v) is 3.33. The van der Waals surface area contributed by atoms with Gasteiger partial charge in [-0.05, 0) is 25.0 Å². The highest BCUT2D eigenvalue weighted by atomic mass is 16.5. The van der Waals surface area contributed by atoms with Crippen molar-refractivity contribution in [3.05, 3.63) is 53.1 Å². The Hall–Kier alpha value is -1.69. The molecule has 1 aliphatic rings. The normalized spacial score (nSPS) is 17.9. The van der Waals surface area contributed by atoms with Gasteiger partial charge in [-0.2, -0.15) is 0 Å². The third-order valence-corrected chi connectivity index (χ3v) is 4.80. The maximum Gasteiger partial charge on any atom is 0.126 e. The second-order valence-electron chi connectivity index (χ2n) is 6.33.